The van der Waals surface area contributed by atoms with E-state index in [0.717, 1.165) is 4.43 Å². The Morgan fingerprint density at radius 3 is 2.88 bits per heavy atom. The minimum Gasteiger partial charge on any atom is -0.308 e. The summed E-state index contributed by atoms with van der Waals surface area (Å²) in [5, 5.41) is 18.3. The van der Waals surface area contributed by atoms with Gasteiger partial charge in [-0.15, -0.1) is 10.2 Å². The zero-order chi connectivity index (χ0) is 12.0. The molecule has 7 nitrogen and oxygen atoms in total. The molecule has 0 fully saturated rings. The molecule has 0 aliphatic heterocycles. The van der Waals surface area contributed by atoms with E-state index in [1.54, 1.807) is 6.92 Å². The molecule has 1 aromatic rings. The number of nitrogens with one attached hydrogen (secondary N) is 1. The Morgan fingerprint density at radius 2 is 2.31 bits per heavy atom. The fourth-order valence-corrected chi connectivity index (χ4v) is 1.45. The fourth-order valence-electron chi connectivity index (χ4n) is 0.964. The molecule has 1 aromatic heterocycles. The molecular weight excluding hydrogens is 327 g/mol. The highest BCUT2D eigenvalue weighted by molar-refractivity contribution is 14.1. The number of anilines is 1. The molecule has 0 saturated carbocycles. The second-order valence-corrected chi connectivity index (χ2v) is 4.00. The summed E-state index contributed by atoms with van der Waals surface area (Å²) in [6, 6.07) is 0. The number of halogens is 1. The van der Waals surface area contributed by atoms with Crippen molar-refractivity contribution in [3.63, 3.8) is 0 Å². The van der Waals surface area contributed by atoms with E-state index in [1.807, 2.05) is 0 Å². The van der Waals surface area contributed by atoms with Crippen molar-refractivity contribution in [2.75, 3.05) is 9.74 Å². The van der Waals surface area contributed by atoms with E-state index >= 15 is 0 Å². The highest BCUT2D eigenvalue weighted by Gasteiger charge is 2.08. The molecule has 1 amide bonds. The minimum absolute atomic E-state index is 0.125. The molecule has 1 heterocycles. The Kier molecular flexibility index (Phi) is 5.49. The third-order valence-corrected chi connectivity index (χ3v) is 2.22. The van der Waals surface area contributed by atoms with Crippen molar-refractivity contribution in [1.29, 1.82) is 0 Å². The van der Waals surface area contributed by atoms with Crippen LogP contribution in [0.15, 0.2) is 0 Å². The summed E-state index contributed by atoms with van der Waals surface area (Å²) in [4.78, 5) is 19.2. The van der Waals surface area contributed by atoms with Gasteiger partial charge in [0.2, 0.25) is 5.91 Å². The molecule has 0 bridgehead atoms. The lowest BCUT2D eigenvalue weighted by molar-refractivity contribution is -0.254. The van der Waals surface area contributed by atoms with Crippen LogP contribution in [0.3, 0.4) is 0 Å². The Labute approximate surface area is 106 Å². The molecule has 0 radical (unpaired) electrons. The number of hydrogen-bond acceptors (Lipinski definition) is 6. The fraction of sp³-hybridized carbons (Fsp3) is 0.500. The average Bonchev–Trinajstić information content (AvgIpc) is 2.23. The van der Waals surface area contributed by atoms with Crippen molar-refractivity contribution in [3.05, 3.63) is 11.5 Å². The third kappa shape index (κ3) is 3.94. The normalized spacial score (nSPS) is 10.2. The molecule has 0 spiro atoms. The van der Waals surface area contributed by atoms with Crippen LogP contribution in [0.2, 0.25) is 0 Å². The van der Waals surface area contributed by atoms with Crippen LogP contribution < -0.4 is 5.32 Å². The maximum Gasteiger partial charge on any atom is 0.226 e. The zero-order valence-corrected chi connectivity index (χ0v) is 10.8. The monoisotopic (exact) mass is 338 g/mol. The van der Waals surface area contributed by atoms with Gasteiger partial charge >= 0.3 is 0 Å². The largest absolute Gasteiger partial charge is 0.308 e. The SMILES string of the molecule is Cc1nc(COO)nnc1NC(=O)CCI. The van der Waals surface area contributed by atoms with Gasteiger partial charge in [-0.2, -0.15) is 0 Å². The van der Waals surface area contributed by atoms with Gasteiger partial charge in [0.1, 0.15) is 6.61 Å². The number of aromatic nitrogens is 3. The van der Waals surface area contributed by atoms with Crippen molar-refractivity contribution < 1.29 is 14.9 Å². The molecule has 0 aliphatic rings. The first-order chi connectivity index (χ1) is 7.67. The van der Waals surface area contributed by atoms with E-state index in [1.165, 1.54) is 0 Å². The molecule has 0 atom stereocenters. The molecule has 88 valence electrons. The molecular formula is C8H11IN4O3. The predicted octanol–water partition coefficient (Wildman–Crippen LogP) is 0.933. The van der Waals surface area contributed by atoms with E-state index < -0.39 is 0 Å². The summed E-state index contributed by atoms with van der Waals surface area (Å²) in [7, 11) is 0. The van der Waals surface area contributed by atoms with E-state index in [9.17, 15) is 4.79 Å². The number of aryl methyl sites for hydroxylation is 1. The molecule has 1 rings (SSSR count). The molecule has 2 N–H and O–H groups in total. The van der Waals surface area contributed by atoms with Crippen LogP contribution in [0, 0.1) is 6.92 Å². The second-order valence-electron chi connectivity index (χ2n) is 2.92. The van der Waals surface area contributed by atoms with Crippen molar-refractivity contribution in [2.45, 2.75) is 20.0 Å². The summed E-state index contributed by atoms with van der Waals surface area (Å²) in [6.45, 7) is 1.56. The van der Waals surface area contributed by atoms with Gasteiger partial charge in [0.15, 0.2) is 11.6 Å². The molecule has 16 heavy (non-hydrogen) atoms. The number of hydrogen-bond donors (Lipinski definition) is 2. The summed E-state index contributed by atoms with van der Waals surface area (Å²) in [6.07, 6.45) is 0.420. The Morgan fingerprint density at radius 1 is 1.56 bits per heavy atom. The first-order valence-corrected chi connectivity index (χ1v) is 6.02. The van der Waals surface area contributed by atoms with Gasteiger partial charge in [0, 0.05) is 10.8 Å². The van der Waals surface area contributed by atoms with Gasteiger partial charge in [0.25, 0.3) is 0 Å². The lowest BCUT2D eigenvalue weighted by Crippen LogP contribution is -2.16. The van der Waals surface area contributed by atoms with Crippen molar-refractivity contribution in [3.8, 4) is 0 Å². The van der Waals surface area contributed by atoms with E-state index in [0.29, 0.717) is 17.9 Å². The number of nitrogens with zero attached hydrogens (tertiary/aromatic N) is 3. The van der Waals surface area contributed by atoms with Gasteiger partial charge in [-0.1, -0.05) is 22.6 Å². The van der Waals surface area contributed by atoms with Gasteiger partial charge in [-0.25, -0.2) is 9.87 Å². The summed E-state index contributed by atoms with van der Waals surface area (Å²) < 4.78 is 0.736. The maximum atomic E-state index is 11.3. The lowest BCUT2D eigenvalue weighted by atomic mass is 10.4. The van der Waals surface area contributed by atoms with Crippen LogP contribution in [0.1, 0.15) is 17.9 Å². The van der Waals surface area contributed by atoms with Crippen LogP contribution in [0.4, 0.5) is 5.82 Å². The lowest BCUT2D eigenvalue weighted by Gasteiger charge is -2.05. The Bertz CT molecular complexity index is 374. The summed E-state index contributed by atoms with van der Waals surface area (Å²) >= 11 is 2.11. The summed E-state index contributed by atoms with van der Waals surface area (Å²) in [5.41, 5.74) is 0.531. The quantitative estimate of drug-likeness (QED) is 0.359. The molecule has 0 aromatic carbocycles. The maximum absolute atomic E-state index is 11.3. The first kappa shape index (κ1) is 13.2. The molecule has 0 unspecified atom stereocenters. The van der Waals surface area contributed by atoms with Crippen LogP contribution >= 0.6 is 22.6 Å². The van der Waals surface area contributed by atoms with Gasteiger partial charge in [-0.05, 0) is 6.92 Å². The number of alkyl halides is 1. The van der Waals surface area contributed by atoms with Crippen LogP contribution in [-0.4, -0.2) is 30.8 Å². The number of rotatable bonds is 5. The molecule has 8 heteroatoms. The minimum atomic E-state index is -0.129. The smallest absolute Gasteiger partial charge is 0.226 e. The Balaban J connectivity index is 2.71. The average molecular weight is 338 g/mol. The van der Waals surface area contributed by atoms with E-state index in [4.69, 9.17) is 5.26 Å². The number of amides is 1. The second kappa shape index (κ2) is 6.66. The van der Waals surface area contributed by atoms with Crippen molar-refractivity contribution >= 4 is 34.3 Å². The molecule has 0 saturated heterocycles. The number of carbonyl (C=O) groups is 1. The van der Waals surface area contributed by atoms with Crippen LogP contribution in [0.25, 0.3) is 0 Å². The van der Waals surface area contributed by atoms with Gasteiger partial charge < -0.3 is 5.32 Å². The number of carbonyl (C=O) groups excluding carboxylic acids is 1. The van der Waals surface area contributed by atoms with Crippen molar-refractivity contribution in [1.82, 2.24) is 15.2 Å². The standard InChI is InChI=1S/C8H11IN4O3/c1-5-8(11-7(14)2-3-9)13-12-6(10-5)4-16-15/h15H,2-4H2,1H3,(H,11,13,14). The first-order valence-electron chi connectivity index (χ1n) is 4.49. The van der Waals surface area contributed by atoms with Crippen molar-refractivity contribution in [2.24, 2.45) is 0 Å². The van der Waals surface area contributed by atoms with Crippen LogP contribution in [0.5, 0.6) is 0 Å². The zero-order valence-electron chi connectivity index (χ0n) is 8.60. The highest BCUT2D eigenvalue weighted by Crippen LogP contribution is 2.07. The van der Waals surface area contributed by atoms with Gasteiger partial charge in [0.05, 0.1) is 5.69 Å². The topological polar surface area (TPSA) is 97.2 Å². The molecule has 0 aliphatic carbocycles. The summed E-state index contributed by atoms with van der Waals surface area (Å²) in [5.74, 6) is 0.461. The van der Waals surface area contributed by atoms with Gasteiger partial charge in [-0.3, -0.25) is 10.1 Å². The predicted molar refractivity (Wildman–Crippen MR) is 64.1 cm³/mol. The third-order valence-electron chi connectivity index (χ3n) is 1.68. The highest BCUT2D eigenvalue weighted by atomic mass is 127. The van der Waals surface area contributed by atoms with E-state index in [-0.39, 0.29) is 18.3 Å². The Hall–Kier alpha value is -0.870. The van der Waals surface area contributed by atoms with Crippen LogP contribution in [-0.2, 0) is 16.3 Å². The van der Waals surface area contributed by atoms with E-state index in [2.05, 4.69) is 48.0 Å².